The molecule has 1 saturated heterocycles. The van der Waals surface area contributed by atoms with Gasteiger partial charge in [-0.15, -0.1) is 0 Å². The molecule has 0 unspecified atom stereocenters. The number of benzene rings is 2. The van der Waals surface area contributed by atoms with Gasteiger partial charge in [0.1, 0.15) is 29.0 Å². The number of amides is 1. The number of fused-ring (bicyclic) bond motifs is 3. The first-order valence-corrected chi connectivity index (χ1v) is 15.2. The number of phenols is 2. The number of nitrogens with one attached hydrogen (secondary N) is 1. The fraction of sp³-hybridized carbons (Fsp3) is 0.515. The summed E-state index contributed by atoms with van der Waals surface area (Å²) in [5.41, 5.74) is 2.69. The molecule has 5 rings (SSSR count). The van der Waals surface area contributed by atoms with Crippen molar-refractivity contribution in [3.8, 4) is 17.2 Å². The van der Waals surface area contributed by atoms with Crippen LogP contribution in [0, 0.1) is 5.92 Å². The lowest BCUT2D eigenvalue weighted by atomic mass is 9.72. The van der Waals surface area contributed by atoms with Gasteiger partial charge in [-0.3, -0.25) is 19.2 Å². The van der Waals surface area contributed by atoms with Gasteiger partial charge in [0.15, 0.2) is 17.9 Å². The van der Waals surface area contributed by atoms with Crippen LogP contribution in [0.25, 0.3) is 0 Å². The molecule has 7 atom stereocenters. The zero-order valence-corrected chi connectivity index (χ0v) is 26.3. The third kappa shape index (κ3) is 5.66. The summed E-state index contributed by atoms with van der Waals surface area (Å²) in [5.74, 6) is -3.70. The van der Waals surface area contributed by atoms with E-state index in [9.17, 15) is 39.6 Å². The number of carbonyl (C=O) groups is 4. The topological polar surface area (TPSA) is 215 Å². The first kappa shape index (κ1) is 33.5. The number of phenolic OH excluding ortho intramolecular Hbond substituents is 2. The fourth-order valence-corrected chi connectivity index (χ4v) is 6.67. The minimum Gasteiger partial charge on any atom is -0.507 e. The predicted octanol–water partition coefficient (Wildman–Crippen LogP) is 1.56. The smallest absolute Gasteiger partial charge is 0.237 e. The quantitative estimate of drug-likeness (QED) is 0.194. The minimum absolute atomic E-state index is 0.0405. The zero-order chi connectivity index (χ0) is 33.8. The Labute approximate surface area is 265 Å². The molecule has 1 aliphatic heterocycles. The van der Waals surface area contributed by atoms with Crippen LogP contribution in [0.1, 0.15) is 96.0 Å². The number of nitrogens with two attached hydrogens (primary N) is 1. The molecule has 0 bridgehead atoms. The van der Waals surface area contributed by atoms with E-state index in [0.29, 0.717) is 6.42 Å². The zero-order valence-electron chi connectivity index (χ0n) is 26.3. The largest absolute Gasteiger partial charge is 0.507 e. The number of Topliss-reactive ketones (excluding diaryl/α,β-unsaturated/α-hetero) is 1. The highest BCUT2D eigenvalue weighted by molar-refractivity contribution is 6.31. The van der Waals surface area contributed by atoms with Crippen LogP contribution in [-0.2, 0) is 25.5 Å². The van der Waals surface area contributed by atoms with Crippen molar-refractivity contribution in [2.75, 3.05) is 7.11 Å². The van der Waals surface area contributed by atoms with Crippen molar-refractivity contribution in [2.24, 2.45) is 11.7 Å². The van der Waals surface area contributed by atoms with E-state index >= 15 is 0 Å². The van der Waals surface area contributed by atoms with Crippen LogP contribution in [0.2, 0.25) is 0 Å². The summed E-state index contributed by atoms with van der Waals surface area (Å²) in [6.07, 6.45) is -4.95. The molecular weight excluding hydrogens is 600 g/mol. The molecule has 13 nitrogen and oxygen atoms in total. The van der Waals surface area contributed by atoms with Gasteiger partial charge in [0.25, 0.3) is 0 Å². The van der Waals surface area contributed by atoms with E-state index in [1.54, 1.807) is 6.92 Å². The molecule has 2 aromatic rings. The number of hydrogen-bond donors (Lipinski definition) is 6. The second-order valence-electron chi connectivity index (χ2n) is 12.8. The number of ketones is 3. The molecule has 1 heterocycles. The van der Waals surface area contributed by atoms with E-state index in [1.165, 1.54) is 25.3 Å². The Morgan fingerprint density at radius 1 is 1.13 bits per heavy atom. The lowest BCUT2D eigenvalue weighted by molar-refractivity contribution is -0.249. The third-order valence-electron chi connectivity index (χ3n) is 9.14. The molecule has 1 amide bonds. The van der Waals surface area contributed by atoms with Gasteiger partial charge in [-0.1, -0.05) is 26.0 Å². The van der Waals surface area contributed by atoms with Gasteiger partial charge in [0.05, 0.1) is 48.1 Å². The van der Waals surface area contributed by atoms with Crippen LogP contribution in [0.5, 0.6) is 17.2 Å². The van der Waals surface area contributed by atoms with Crippen LogP contribution in [0.3, 0.4) is 0 Å². The Bertz CT molecular complexity index is 1600. The molecule has 2 aliphatic carbocycles. The predicted molar refractivity (Wildman–Crippen MR) is 162 cm³/mol. The van der Waals surface area contributed by atoms with Crippen molar-refractivity contribution in [1.82, 2.24) is 5.32 Å². The summed E-state index contributed by atoms with van der Waals surface area (Å²) in [4.78, 5) is 53.0. The monoisotopic (exact) mass is 640 g/mol. The average Bonchev–Trinajstić information content (AvgIpc) is 2.99. The molecule has 0 spiro atoms. The van der Waals surface area contributed by atoms with Gasteiger partial charge >= 0.3 is 0 Å². The second-order valence-corrected chi connectivity index (χ2v) is 12.8. The molecular formula is C33H40N2O11. The normalized spacial score (nSPS) is 27.8. The van der Waals surface area contributed by atoms with Gasteiger partial charge in [-0.2, -0.15) is 0 Å². The molecule has 46 heavy (non-hydrogen) atoms. The molecule has 0 aromatic heterocycles. The Balaban J connectivity index is 1.55. The second kappa shape index (κ2) is 12.4. The first-order chi connectivity index (χ1) is 21.6. The summed E-state index contributed by atoms with van der Waals surface area (Å²) < 4.78 is 17.4. The van der Waals surface area contributed by atoms with E-state index in [1.807, 2.05) is 13.8 Å². The summed E-state index contributed by atoms with van der Waals surface area (Å²) in [6, 6.07) is 2.75. The number of hydrogen-bond acceptors (Lipinski definition) is 12. The van der Waals surface area contributed by atoms with Crippen LogP contribution < -0.4 is 15.8 Å². The highest BCUT2D eigenvalue weighted by atomic mass is 16.7. The number of ether oxygens (including phenoxy) is 3. The summed E-state index contributed by atoms with van der Waals surface area (Å²) in [7, 11) is 1.33. The van der Waals surface area contributed by atoms with E-state index < -0.39 is 101 Å². The third-order valence-corrected chi connectivity index (χ3v) is 9.14. The lowest BCUT2D eigenvalue weighted by Crippen LogP contribution is -2.58. The molecule has 13 heteroatoms. The highest BCUT2D eigenvalue weighted by Crippen LogP contribution is 2.52. The number of aliphatic hydroxyl groups excluding tert-OH is 1. The summed E-state index contributed by atoms with van der Waals surface area (Å²) in [5, 5.41) is 48.1. The van der Waals surface area contributed by atoms with Crippen molar-refractivity contribution in [3.05, 3.63) is 51.6 Å². The number of carbonyl (C=O) groups excluding carboxylic acids is 4. The maximum atomic E-state index is 13.8. The molecule has 0 radical (unpaired) electrons. The Morgan fingerprint density at radius 2 is 1.80 bits per heavy atom. The number of rotatable bonds is 8. The lowest BCUT2D eigenvalue weighted by Gasteiger charge is -2.43. The molecule has 248 valence electrons. The van der Waals surface area contributed by atoms with E-state index in [-0.39, 0.29) is 40.3 Å². The summed E-state index contributed by atoms with van der Waals surface area (Å²) in [6.45, 7) is 6.59. The number of aromatic hydroxyl groups is 2. The van der Waals surface area contributed by atoms with Gasteiger partial charge in [-0.05, 0) is 32.3 Å². The highest BCUT2D eigenvalue weighted by Gasteiger charge is 2.49. The number of methoxy groups -OCH3 is 1. The van der Waals surface area contributed by atoms with Crippen LogP contribution in [0.4, 0.5) is 0 Å². The van der Waals surface area contributed by atoms with Crippen LogP contribution >= 0.6 is 0 Å². The van der Waals surface area contributed by atoms with Gasteiger partial charge in [0, 0.05) is 36.0 Å². The molecule has 3 aliphatic rings. The maximum Gasteiger partial charge on any atom is 0.237 e. The molecule has 7 N–H and O–H groups in total. The molecule has 2 aromatic carbocycles. The Kier molecular flexibility index (Phi) is 9.01. The SMILES string of the molecule is COc1cccc2c1C(=O)c1c(O)c3c(c(O)c1C2=O)C[C@@](O)(C(C)=O)C[C@@H]3O[C@H]1C[C@H](NC(=O)[C@H](N)CC(C)C)[C@H](O)[C@H](C)O1. The van der Waals surface area contributed by atoms with Gasteiger partial charge < -0.3 is 45.7 Å². The van der Waals surface area contributed by atoms with Crippen molar-refractivity contribution >= 4 is 23.3 Å². The van der Waals surface area contributed by atoms with Crippen LogP contribution in [-0.4, -0.2) is 87.0 Å². The average molecular weight is 641 g/mol. The van der Waals surface area contributed by atoms with Crippen molar-refractivity contribution < 1.29 is 53.8 Å². The summed E-state index contributed by atoms with van der Waals surface area (Å²) >= 11 is 0. The standard InChI is InChI=1S/C33H40N2O11/c1-13(2)9-18(34)32(42)35-19-10-22(45-14(3)27(19)37)46-21-12-33(43,15(4)36)11-17-24(21)31(41)26-25(29(17)39)28(38)16-7-6-8-20(44-5)23(16)30(26)40/h6-8,13-14,18-19,21-22,27,37,39,41,43H,9-12,34H2,1-5H3,(H,35,42)/t14-,18+,19-,21-,22-,27+,33-/m0/s1. The van der Waals surface area contributed by atoms with E-state index in [2.05, 4.69) is 5.32 Å². The van der Waals surface area contributed by atoms with Crippen molar-refractivity contribution in [2.45, 2.75) is 95.7 Å². The first-order valence-electron chi connectivity index (χ1n) is 15.2. The maximum absolute atomic E-state index is 13.8. The van der Waals surface area contributed by atoms with E-state index in [4.69, 9.17) is 19.9 Å². The number of aliphatic hydroxyl groups is 2. The minimum atomic E-state index is -2.07. The molecule has 1 fully saturated rings. The van der Waals surface area contributed by atoms with Crippen molar-refractivity contribution in [1.29, 1.82) is 0 Å². The van der Waals surface area contributed by atoms with Crippen molar-refractivity contribution in [3.63, 3.8) is 0 Å². The van der Waals surface area contributed by atoms with E-state index in [0.717, 1.165) is 6.92 Å². The van der Waals surface area contributed by atoms with Gasteiger partial charge in [0.2, 0.25) is 11.7 Å². The van der Waals surface area contributed by atoms with Crippen LogP contribution in [0.15, 0.2) is 18.2 Å². The Morgan fingerprint density at radius 3 is 2.43 bits per heavy atom. The van der Waals surface area contributed by atoms with Gasteiger partial charge in [-0.25, -0.2) is 0 Å². The fourth-order valence-electron chi connectivity index (χ4n) is 6.67. The molecule has 0 saturated carbocycles. The Hall–Kier alpha value is -3.88.